The molecule has 3 nitrogen and oxygen atoms in total. The highest BCUT2D eigenvalue weighted by Gasteiger charge is 1.95. The van der Waals surface area contributed by atoms with Gasteiger partial charge in [0, 0.05) is 18.0 Å². The van der Waals surface area contributed by atoms with E-state index in [0.717, 1.165) is 11.4 Å². The third-order valence-electron chi connectivity index (χ3n) is 1.18. The highest BCUT2D eigenvalue weighted by Crippen LogP contribution is 2.08. The molecule has 0 saturated heterocycles. The van der Waals surface area contributed by atoms with Gasteiger partial charge in [0.25, 0.3) is 0 Å². The maximum atomic E-state index is 6.96. The van der Waals surface area contributed by atoms with Crippen molar-refractivity contribution in [3.05, 3.63) is 30.6 Å². The topological polar surface area (TPSA) is 51.7 Å². The summed E-state index contributed by atoms with van der Waals surface area (Å²) in [5.41, 5.74) is 0.833. The quantitative estimate of drug-likeness (QED) is 0.541. The molecule has 0 spiro atoms. The van der Waals surface area contributed by atoms with E-state index in [9.17, 15) is 0 Å². The zero-order valence-corrected chi connectivity index (χ0v) is 5.52. The lowest BCUT2D eigenvalue weighted by Gasteiger charge is -1.95. The van der Waals surface area contributed by atoms with Gasteiger partial charge in [-0.15, -0.1) is 0 Å². The third kappa shape index (κ3) is 1.07. The molecule has 1 rings (SSSR count). The Hall–Kier alpha value is -1.51. The van der Waals surface area contributed by atoms with Gasteiger partial charge in [-0.2, -0.15) is 0 Å². The minimum Gasteiger partial charge on any atom is -0.348 e. The van der Waals surface area contributed by atoms with E-state index in [4.69, 9.17) is 5.41 Å². The van der Waals surface area contributed by atoms with Crippen molar-refractivity contribution in [1.29, 1.82) is 5.41 Å². The fourth-order valence-electron chi connectivity index (χ4n) is 0.729. The van der Waals surface area contributed by atoms with Gasteiger partial charge in [-0.05, 0) is 12.3 Å². The van der Waals surface area contributed by atoms with Crippen LogP contribution in [0.15, 0.2) is 25.0 Å². The SMILES string of the molecule is C=CNc1[nH]ccc1C=N. The molecule has 0 atom stereocenters. The number of anilines is 1. The van der Waals surface area contributed by atoms with Crippen LogP contribution >= 0.6 is 0 Å². The zero-order valence-electron chi connectivity index (χ0n) is 5.52. The van der Waals surface area contributed by atoms with Crippen LogP contribution in [0.2, 0.25) is 0 Å². The van der Waals surface area contributed by atoms with Gasteiger partial charge < -0.3 is 15.7 Å². The standard InChI is InChI=1S/C7H9N3/c1-2-9-7-6(5-8)3-4-10-7/h2-5,8-10H,1H2. The van der Waals surface area contributed by atoms with Gasteiger partial charge in [0.1, 0.15) is 5.82 Å². The first kappa shape index (κ1) is 6.61. The Morgan fingerprint density at radius 3 is 3.10 bits per heavy atom. The molecule has 0 bridgehead atoms. The molecule has 0 radical (unpaired) electrons. The lowest BCUT2D eigenvalue weighted by atomic mass is 10.3. The van der Waals surface area contributed by atoms with E-state index in [2.05, 4.69) is 16.9 Å². The number of hydrogen-bond donors (Lipinski definition) is 3. The molecular weight excluding hydrogens is 126 g/mol. The summed E-state index contributed by atoms with van der Waals surface area (Å²) in [5.74, 6) is 0.810. The average molecular weight is 135 g/mol. The normalized spacial score (nSPS) is 8.80. The van der Waals surface area contributed by atoms with Gasteiger partial charge in [-0.1, -0.05) is 6.58 Å². The Morgan fingerprint density at radius 1 is 1.70 bits per heavy atom. The fourth-order valence-corrected chi connectivity index (χ4v) is 0.729. The summed E-state index contributed by atoms with van der Waals surface area (Å²) in [7, 11) is 0. The molecule has 1 aromatic heterocycles. The monoisotopic (exact) mass is 135 g/mol. The van der Waals surface area contributed by atoms with E-state index < -0.39 is 0 Å². The van der Waals surface area contributed by atoms with Gasteiger partial charge in [-0.25, -0.2) is 0 Å². The van der Waals surface area contributed by atoms with Gasteiger partial charge in [-0.3, -0.25) is 0 Å². The minimum absolute atomic E-state index is 0.810. The highest BCUT2D eigenvalue weighted by molar-refractivity contribution is 5.84. The molecule has 3 heteroatoms. The van der Waals surface area contributed by atoms with Crippen molar-refractivity contribution in [2.45, 2.75) is 0 Å². The first-order valence-corrected chi connectivity index (χ1v) is 2.93. The van der Waals surface area contributed by atoms with E-state index in [0.29, 0.717) is 0 Å². The summed E-state index contributed by atoms with van der Waals surface area (Å²) in [6, 6.07) is 1.82. The Bertz CT molecular complexity index is 237. The van der Waals surface area contributed by atoms with Crippen LogP contribution in [0.5, 0.6) is 0 Å². The molecule has 0 unspecified atom stereocenters. The van der Waals surface area contributed by atoms with Crippen molar-refractivity contribution >= 4 is 12.0 Å². The van der Waals surface area contributed by atoms with Crippen LogP contribution < -0.4 is 5.32 Å². The predicted octanol–water partition coefficient (Wildman–Crippen LogP) is 1.57. The van der Waals surface area contributed by atoms with Gasteiger partial charge in [0.15, 0.2) is 0 Å². The van der Waals surface area contributed by atoms with Gasteiger partial charge in [0.05, 0.1) is 0 Å². The van der Waals surface area contributed by atoms with E-state index in [1.807, 2.05) is 6.07 Å². The molecular formula is C7H9N3. The highest BCUT2D eigenvalue weighted by atomic mass is 15.0. The molecule has 0 amide bonds. The van der Waals surface area contributed by atoms with E-state index in [1.54, 1.807) is 12.4 Å². The molecule has 1 aromatic rings. The Kier molecular flexibility index (Phi) is 1.89. The fraction of sp³-hybridized carbons (Fsp3) is 0. The molecule has 0 saturated carbocycles. The first-order chi connectivity index (χ1) is 4.88. The summed E-state index contributed by atoms with van der Waals surface area (Å²) in [5, 5.41) is 9.82. The Labute approximate surface area is 59.3 Å². The molecule has 0 fully saturated rings. The summed E-state index contributed by atoms with van der Waals surface area (Å²) in [4.78, 5) is 2.92. The van der Waals surface area contributed by atoms with Crippen molar-refractivity contribution in [1.82, 2.24) is 4.98 Å². The molecule has 0 aromatic carbocycles. The van der Waals surface area contributed by atoms with Gasteiger partial charge >= 0.3 is 0 Å². The average Bonchev–Trinajstić information content (AvgIpc) is 2.36. The maximum Gasteiger partial charge on any atom is 0.116 e. The summed E-state index contributed by atoms with van der Waals surface area (Å²) in [6.45, 7) is 3.50. The number of aromatic amines is 1. The van der Waals surface area contributed by atoms with Crippen molar-refractivity contribution < 1.29 is 0 Å². The molecule has 52 valence electrons. The van der Waals surface area contributed by atoms with Crippen LogP contribution in [0, 0.1) is 5.41 Å². The number of hydrogen-bond acceptors (Lipinski definition) is 2. The van der Waals surface area contributed by atoms with E-state index in [-0.39, 0.29) is 0 Å². The van der Waals surface area contributed by atoms with Crippen LogP contribution in [0.4, 0.5) is 5.82 Å². The second-order valence-corrected chi connectivity index (χ2v) is 1.80. The van der Waals surface area contributed by atoms with Crippen molar-refractivity contribution in [2.24, 2.45) is 0 Å². The maximum absolute atomic E-state index is 6.96. The molecule has 3 N–H and O–H groups in total. The second-order valence-electron chi connectivity index (χ2n) is 1.80. The van der Waals surface area contributed by atoms with Crippen LogP contribution in [-0.2, 0) is 0 Å². The molecule has 0 aliphatic rings. The Balaban J connectivity index is 2.89. The summed E-state index contributed by atoms with van der Waals surface area (Å²) in [6.07, 6.45) is 4.62. The van der Waals surface area contributed by atoms with Crippen molar-refractivity contribution in [3.8, 4) is 0 Å². The van der Waals surface area contributed by atoms with Crippen LogP contribution in [0.1, 0.15) is 5.56 Å². The van der Waals surface area contributed by atoms with E-state index in [1.165, 1.54) is 6.21 Å². The van der Waals surface area contributed by atoms with Crippen molar-refractivity contribution in [3.63, 3.8) is 0 Å². The molecule has 1 heterocycles. The minimum atomic E-state index is 0.810. The summed E-state index contributed by atoms with van der Waals surface area (Å²) >= 11 is 0. The third-order valence-corrected chi connectivity index (χ3v) is 1.18. The number of rotatable bonds is 3. The summed E-state index contributed by atoms with van der Waals surface area (Å²) < 4.78 is 0. The van der Waals surface area contributed by atoms with E-state index >= 15 is 0 Å². The number of H-pyrrole nitrogens is 1. The Morgan fingerprint density at radius 2 is 2.50 bits per heavy atom. The largest absolute Gasteiger partial charge is 0.348 e. The molecule has 10 heavy (non-hydrogen) atoms. The molecule has 0 aliphatic heterocycles. The van der Waals surface area contributed by atoms with Crippen LogP contribution in [-0.4, -0.2) is 11.2 Å². The van der Waals surface area contributed by atoms with Crippen molar-refractivity contribution in [2.75, 3.05) is 5.32 Å². The lowest BCUT2D eigenvalue weighted by Crippen LogP contribution is -1.89. The van der Waals surface area contributed by atoms with Crippen LogP contribution in [0.25, 0.3) is 0 Å². The lowest BCUT2D eigenvalue weighted by molar-refractivity contribution is 1.38. The smallest absolute Gasteiger partial charge is 0.116 e. The number of nitrogens with one attached hydrogen (secondary N) is 3. The zero-order chi connectivity index (χ0) is 7.40. The first-order valence-electron chi connectivity index (χ1n) is 2.93. The number of aromatic nitrogens is 1. The van der Waals surface area contributed by atoms with Crippen LogP contribution in [0.3, 0.4) is 0 Å². The van der Waals surface area contributed by atoms with Gasteiger partial charge in [0.2, 0.25) is 0 Å². The second kappa shape index (κ2) is 2.87. The molecule has 0 aliphatic carbocycles. The predicted molar refractivity (Wildman–Crippen MR) is 42.5 cm³/mol.